The standard InChI is InChI=1S/C13H17NO2/c1-16-12(15)10-13(8-5-9-14-13)11-6-3-2-4-7-11/h2-4,6-7,14H,5,8-10H2,1H3. The van der Waals surface area contributed by atoms with Crippen LogP contribution >= 0.6 is 0 Å². The summed E-state index contributed by atoms with van der Waals surface area (Å²) in [5, 5.41) is 3.45. The van der Waals surface area contributed by atoms with Crippen LogP contribution in [0.25, 0.3) is 0 Å². The van der Waals surface area contributed by atoms with Crippen LogP contribution in [0, 0.1) is 0 Å². The fraction of sp³-hybridized carbons (Fsp3) is 0.462. The quantitative estimate of drug-likeness (QED) is 0.788. The van der Waals surface area contributed by atoms with Gasteiger partial charge in [-0.1, -0.05) is 30.3 Å². The van der Waals surface area contributed by atoms with Gasteiger partial charge in [0.2, 0.25) is 0 Å². The number of esters is 1. The maximum Gasteiger partial charge on any atom is 0.307 e. The van der Waals surface area contributed by atoms with Gasteiger partial charge in [0.05, 0.1) is 19.1 Å². The minimum absolute atomic E-state index is 0.154. The van der Waals surface area contributed by atoms with Gasteiger partial charge in [0.15, 0.2) is 0 Å². The Morgan fingerprint density at radius 2 is 2.19 bits per heavy atom. The molecular weight excluding hydrogens is 202 g/mol. The Morgan fingerprint density at radius 1 is 1.44 bits per heavy atom. The third-order valence-corrected chi connectivity index (χ3v) is 3.24. The van der Waals surface area contributed by atoms with Crippen molar-refractivity contribution in [2.75, 3.05) is 13.7 Å². The summed E-state index contributed by atoms with van der Waals surface area (Å²) in [7, 11) is 1.44. The molecule has 1 heterocycles. The molecule has 3 nitrogen and oxygen atoms in total. The molecule has 1 aromatic rings. The molecule has 1 aliphatic heterocycles. The molecule has 86 valence electrons. The second-order valence-electron chi connectivity index (χ2n) is 4.23. The van der Waals surface area contributed by atoms with E-state index in [1.807, 2.05) is 18.2 Å². The Balaban J connectivity index is 2.25. The zero-order valence-corrected chi connectivity index (χ0v) is 9.53. The van der Waals surface area contributed by atoms with Crippen LogP contribution in [0.3, 0.4) is 0 Å². The topological polar surface area (TPSA) is 38.3 Å². The predicted molar refractivity (Wildman–Crippen MR) is 62.0 cm³/mol. The molecule has 2 rings (SSSR count). The van der Waals surface area contributed by atoms with Gasteiger partial charge in [-0.15, -0.1) is 0 Å². The van der Waals surface area contributed by atoms with Crippen molar-refractivity contribution in [1.29, 1.82) is 0 Å². The number of ether oxygens (including phenoxy) is 1. The lowest BCUT2D eigenvalue weighted by Gasteiger charge is -2.29. The molecule has 1 unspecified atom stereocenters. The van der Waals surface area contributed by atoms with Gasteiger partial charge in [0, 0.05) is 0 Å². The lowest BCUT2D eigenvalue weighted by molar-refractivity contribution is -0.142. The highest BCUT2D eigenvalue weighted by Gasteiger charge is 2.37. The molecule has 16 heavy (non-hydrogen) atoms. The highest BCUT2D eigenvalue weighted by atomic mass is 16.5. The van der Waals surface area contributed by atoms with Crippen LogP contribution in [0.5, 0.6) is 0 Å². The van der Waals surface area contributed by atoms with Crippen LogP contribution in [0.15, 0.2) is 30.3 Å². The summed E-state index contributed by atoms with van der Waals surface area (Å²) in [6.45, 7) is 0.964. The normalized spacial score (nSPS) is 24.3. The summed E-state index contributed by atoms with van der Waals surface area (Å²) in [6.07, 6.45) is 2.51. The van der Waals surface area contributed by atoms with Crippen LogP contribution < -0.4 is 5.32 Å². The maximum atomic E-state index is 11.5. The number of methoxy groups -OCH3 is 1. The molecule has 1 N–H and O–H groups in total. The number of rotatable bonds is 3. The summed E-state index contributed by atoms with van der Waals surface area (Å²) in [6, 6.07) is 10.1. The zero-order valence-electron chi connectivity index (χ0n) is 9.53. The predicted octanol–water partition coefficient (Wildman–Crippen LogP) is 1.83. The molecule has 0 spiro atoms. The average molecular weight is 219 g/mol. The number of hydrogen-bond donors (Lipinski definition) is 1. The minimum atomic E-state index is -0.214. The van der Waals surface area contributed by atoms with E-state index in [9.17, 15) is 4.79 Å². The van der Waals surface area contributed by atoms with Crippen LogP contribution in [0.4, 0.5) is 0 Å². The van der Waals surface area contributed by atoms with Gasteiger partial charge in [-0.3, -0.25) is 4.79 Å². The highest BCUT2D eigenvalue weighted by Crippen LogP contribution is 2.34. The summed E-state index contributed by atoms with van der Waals surface area (Å²) in [5.74, 6) is -0.154. The molecule has 0 bridgehead atoms. The van der Waals surface area contributed by atoms with Crippen molar-refractivity contribution in [3.05, 3.63) is 35.9 Å². The first-order valence-corrected chi connectivity index (χ1v) is 5.64. The third kappa shape index (κ3) is 2.09. The summed E-state index contributed by atoms with van der Waals surface area (Å²) < 4.78 is 4.78. The van der Waals surface area contributed by atoms with E-state index >= 15 is 0 Å². The monoisotopic (exact) mass is 219 g/mol. The van der Waals surface area contributed by atoms with Gasteiger partial charge in [-0.25, -0.2) is 0 Å². The van der Waals surface area contributed by atoms with Crippen molar-refractivity contribution in [3.8, 4) is 0 Å². The van der Waals surface area contributed by atoms with E-state index in [4.69, 9.17) is 4.74 Å². The maximum absolute atomic E-state index is 11.5. The molecule has 1 atom stereocenters. The van der Waals surface area contributed by atoms with E-state index in [1.165, 1.54) is 12.7 Å². The molecule has 3 heteroatoms. The Labute approximate surface area is 95.8 Å². The molecule has 1 aliphatic rings. The Hall–Kier alpha value is -1.35. The van der Waals surface area contributed by atoms with Crippen molar-refractivity contribution < 1.29 is 9.53 Å². The van der Waals surface area contributed by atoms with E-state index in [-0.39, 0.29) is 11.5 Å². The summed E-state index contributed by atoms with van der Waals surface area (Å²) in [4.78, 5) is 11.5. The molecule has 0 saturated carbocycles. The molecule has 1 aromatic carbocycles. The fourth-order valence-electron chi connectivity index (χ4n) is 2.38. The second-order valence-corrected chi connectivity index (χ2v) is 4.23. The van der Waals surface area contributed by atoms with Crippen molar-refractivity contribution in [2.24, 2.45) is 0 Å². The van der Waals surface area contributed by atoms with E-state index in [0.29, 0.717) is 6.42 Å². The van der Waals surface area contributed by atoms with Crippen LogP contribution in [0.1, 0.15) is 24.8 Å². The first-order valence-electron chi connectivity index (χ1n) is 5.64. The first kappa shape index (κ1) is 11.1. The molecule has 0 aromatic heterocycles. The molecule has 0 radical (unpaired) electrons. The molecule has 0 amide bonds. The molecule has 0 aliphatic carbocycles. The highest BCUT2D eigenvalue weighted by molar-refractivity contribution is 5.71. The smallest absolute Gasteiger partial charge is 0.307 e. The van der Waals surface area contributed by atoms with E-state index in [0.717, 1.165) is 19.4 Å². The van der Waals surface area contributed by atoms with Crippen LogP contribution in [-0.4, -0.2) is 19.6 Å². The van der Waals surface area contributed by atoms with Crippen molar-refractivity contribution in [3.63, 3.8) is 0 Å². The molecule has 1 fully saturated rings. The number of carbonyl (C=O) groups excluding carboxylic acids is 1. The van der Waals surface area contributed by atoms with E-state index in [1.54, 1.807) is 0 Å². The average Bonchev–Trinajstić information content (AvgIpc) is 2.80. The lowest BCUT2D eigenvalue weighted by Crippen LogP contribution is -2.39. The Morgan fingerprint density at radius 3 is 2.75 bits per heavy atom. The number of carbonyl (C=O) groups is 1. The van der Waals surface area contributed by atoms with Gasteiger partial charge in [0.1, 0.15) is 0 Å². The van der Waals surface area contributed by atoms with Crippen LogP contribution in [0.2, 0.25) is 0 Å². The van der Waals surface area contributed by atoms with Gasteiger partial charge >= 0.3 is 5.97 Å². The van der Waals surface area contributed by atoms with Crippen LogP contribution in [-0.2, 0) is 15.1 Å². The van der Waals surface area contributed by atoms with Crippen molar-refractivity contribution in [1.82, 2.24) is 5.32 Å². The second kappa shape index (κ2) is 4.66. The Kier molecular flexibility index (Phi) is 3.25. The van der Waals surface area contributed by atoms with Crippen molar-refractivity contribution >= 4 is 5.97 Å². The number of benzene rings is 1. The first-order chi connectivity index (χ1) is 7.77. The summed E-state index contributed by atoms with van der Waals surface area (Å²) in [5.41, 5.74) is 0.965. The molecule has 1 saturated heterocycles. The van der Waals surface area contributed by atoms with Crippen molar-refractivity contribution in [2.45, 2.75) is 24.8 Å². The van der Waals surface area contributed by atoms with Gasteiger partial charge < -0.3 is 10.1 Å². The minimum Gasteiger partial charge on any atom is -0.469 e. The summed E-state index contributed by atoms with van der Waals surface area (Å²) >= 11 is 0. The molecular formula is C13H17NO2. The largest absolute Gasteiger partial charge is 0.469 e. The lowest BCUT2D eigenvalue weighted by atomic mass is 9.85. The van der Waals surface area contributed by atoms with Gasteiger partial charge in [0.25, 0.3) is 0 Å². The fourth-order valence-corrected chi connectivity index (χ4v) is 2.38. The van der Waals surface area contributed by atoms with E-state index < -0.39 is 0 Å². The van der Waals surface area contributed by atoms with E-state index in [2.05, 4.69) is 17.4 Å². The van der Waals surface area contributed by atoms with Gasteiger partial charge in [-0.2, -0.15) is 0 Å². The number of nitrogens with one attached hydrogen (secondary N) is 1. The zero-order chi connectivity index (χ0) is 11.4. The number of hydrogen-bond acceptors (Lipinski definition) is 3. The Bertz CT molecular complexity index is 355. The third-order valence-electron chi connectivity index (χ3n) is 3.24. The van der Waals surface area contributed by atoms with Gasteiger partial charge in [-0.05, 0) is 24.9 Å². The SMILES string of the molecule is COC(=O)CC1(c2ccccc2)CCCN1.